The molecule has 0 bridgehead atoms. The van der Waals surface area contributed by atoms with Crippen LogP contribution in [0, 0.1) is 20.8 Å². The van der Waals surface area contributed by atoms with Gasteiger partial charge in [-0.05, 0) is 44.0 Å². The van der Waals surface area contributed by atoms with Gasteiger partial charge in [0.15, 0.2) is 0 Å². The topological polar surface area (TPSA) is 66.4 Å². The van der Waals surface area contributed by atoms with E-state index < -0.39 is 5.97 Å². The maximum absolute atomic E-state index is 12.2. The molecule has 1 heterocycles. The van der Waals surface area contributed by atoms with Gasteiger partial charge in [-0.3, -0.25) is 4.79 Å². The summed E-state index contributed by atoms with van der Waals surface area (Å²) in [6.45, 7) is 5.67. The van der Waals surface area contributed by atoms with E-state index in [0.29, 0.717) is 10.6 Å². The fourth-order valence-corrected chi connectivity index (χ4v) is 2.80. The first kappa shape index (κ1) is 14.3. The molecule has 5 heteroatoms. The molecule has 2 N–H and O–H groups in total. The molecule has 0 saturated carbocycles. The summed E-state index contributed by atoms with van der Waals surface area (Å²) in [5.41, 5.74) is 2.24. The van der Waals surface area contributed by atoms with E-state index in [2.05, 4.69) is 5.32 Å². The fraction of sp³-hybridized carbons (Fsp3) is 0.200. The predicted octanol–water partition coefficient (Wildman–Crippen LogP) is 3.62. The maximum Gasteiger partial charge on any atom is 0.337 e. The van der Waals surface area contributed by atoms with Crippen molar-refractivity contribution in [1.29, 1.82) is 0 Å². The van der Waals surface area contributed by atoms with Crippen molar-refractivity contribution in [2.75, 3.05) is 5.32 Å². The quantitative estimate of drug-likeness (QED) is 0.906. The van der Waals surface area contributed by atoms with Crippen molar-refractivity contribution in [3.8, 4) is 0 Å². The zero-order chi connectivity index (χ0) is 14.9. The van der Waals surface area contributed by atoms with Crippen LogP contribution < -0.4 is 5.32 Å². The van der Waals surface area contributed by atoms with Crippen LogP contribution in [0.5, 0.6) is 0 Å². The number of carboxylic acids is 1. The highest BCUT2D eigenvalue weighted by Crippen LogP contribution is 2.25. The average Bonchev–Trinajstić information content (AvgIpc) is 2.72. The van der Waals surface area contributed by atoms with Crippen molar-refractivity contribution >= 4 is 28.9 Å². The number of hydrogen-bond acceptors (Lipinski definition) is 3. The molecular formula is C15H15NO3S. The number of amides is 1. The second-order valence-electron chi connectivity index (χ2n) is 4.61. The van der Waals surface area contributed by atoms with E-state index in [1.807, 2.05) is 19.9 Å². The molecule has 0 aliphatic heterocycles. The molecule has 20 heavy (non-hydrogen) atoms. The number of carbonyl (C=O) groups excluding carboxylic acids is 1. The Balaban J connectivity index is 2.35. The smallest absolute Gasteiger partial charge is 0.337 e. The first-order valence-corrected chi connectivity index (χ1v) is 6.93. The monoisotopic (exact) mass is 289 g/mol. The Hall–Kier alpha value is -2.14. The maximum atomic E-state index is 12.2. The lowest BCUT2D eigenvalue weighted by molar-refractivity contribution is 0.0698. The summed E-state index contributed by atoms with van der Waals surface area (Å²) < 4.78 is 0. The molecule has 2 rings (SSSR count). The molecule has 0 aliphatic carbocycles. The molecule has 0 fully saturated rings. The highest BCUT2D eigenvalue weighted by Gasteiger charge is 2.17. The summed E-state index contributed by atoms with van der Waals surface area (Å²) >= 11 is 1.40. The summed E-state index contributed by atoms with van der Waals surface area (Å²) in [4.78, 5) is 25.1. The highest BCUT2D eigenvalue weighted by molar-refractivity contribution is 7.14. The summed E-state index contributed by atoms with van der Waals surface area (Å²) in [5.74, 6) is -1.33. The number of carboxylic acid groups (broad SMARTS) is 1. The minimum absolute atomic E-state index is 0.100. The lowest BCUT2D eigenvalue weighted by Gasteiger charge is -2.10. The first-order chi connectivity index (χ1) is 9.40. The minimum Gasteiger partial charge on any atom is -0.478 e. The largest absolute Gasteiger partial charge is 0.478 e. The molecule has 4 nitrogen and oxygen atoms in total. The molecule has 1 aromatic carbocycles. The average molecular weight is 289 g/mol. The van der Waals surface area contributed by atoms with E-state index in [1.54, 1.807) is 19.1 Å². The number of hydrogen-bond donors (Lipinski definition) is 2. The van der Waals surface area contributed by atoms with E-state index in [-0.39, 0.29) is 11.5 Å². The number of rotatable bonds is 3. The molecule has 1 aromatic heterocycles. The molecule has 0 aliphatic rings. The van der Waals surface area contributed by atoms with Crippen LogP contribution in [-0.4, -0.2) is 17.0 Å². The summed E-state index contributed by atoms with van der Waals surface area (Å²) in [7, 11) is 0. The second-order valence-corrected chi connectivity index (χ2v) is 5.86. The first-order valence-electron chi connectivity index (χ1n) is 6.11. The second kappa shape index (κ2) is 5.46. The van der Waals surface area contributed by atoms with Crippen molar-refractivity contribution in [3.63, 3.8) is 0 Å². The molecule has 0 radical (unpaired) electrons. The van der Waals surface area contributed by atoms with Crippen molar-refractivity contribution < 1.29 is 14.7 Å². The van der Waals surface area contributed by atoms with Gasteiger partial charge in [-0.2, -0.15) is 0 Å². The number of carbonyl (C=O) groups is 2. The van der Waals surface area contributed by atoms with Gasteiger partial charge in [0.25, 0.3) is 5.91 Å². The van der Waals surface area contributed by atoms with Crippen LogP contribution >= 0.6 is 11.3 Å². The Morgan fingerprint density at radius 3 is 2.40 bits per heavy atom. The Kier molecular flexibility index (Phi) is 3.90. The van der Waals surface area contributed by atoms with Gasteiger partial charge >= 0.3 is 5.97 Å². The van der Waals surface area contributed by atoms with E-state index in [1.165, 1.54) is 17.4 Å². The zero-order valence-corrected chi connectivity index (χ0v) is 12.3. The summed E-state index contributed by atoms with van der Waals surface area (Å²) in [5, 5.41) is 11.9. The normalized spacial score (nSPS) is 10.3. The number of thiophene rings is 1. The number of anilines is 1. The van der Waals surface area contributed by atoms with E-state index in [9.17, 15) is 14.7 Å². The summed E-state index contributed by atoms with van der Waals surface area (Å²) in [6.07, 6.45) is 0. The van der Waals surface area contributed by atoms with Gasteiger partial charge in [0, 0.05) is 4.88 Å². The van der Waals surface area contributed by atoms with Crippen LogP contribution in [0.25, 0.3) is 0 Å². The van der Waals surface area contributed by atoms with Crippen LogP contribution in [-0.2, 0) is 0 Å². The van der Waals surface area contributed by atoms with Crippen LogP contribution in [0.1, 0.15) is 36.0 Å². The van der Waals surface area contributed by atoms with E-state index >= 15 is 0 Å². The van der Waals surface area contributed by atoms with Crippen molar-refractivity contribution in [1.82, 2.24) is 0 Å². The minimum atomic E-state index is -1.05. The Morgan fingerprint density at radius 1 is 1.15 bits per heavy atom. The molecule has 1 amide bonds. The SMILES string of the molecule is Cc1cc(C(=O)Nc2c(C)cccc2C(=O)O)sc1C. The molecule has 0 saturated heterocycles. The predicted molar refractivity (Wildman–Crippen MR) is 79.9 cm³/mol. The number of aryl methyl sites for hydroxylation is 3. The van der Waals surface area contributed by atoms with E-state index in [4.69, 9.17) is 0 Å². The summed E-state index contributed by atoms with van der Waals surface area (Å²) in [6, 6.07) is 6.73. The van der Waals surface area contributed by atoms with Gasteiger partial charge in [-0.15, -0.1) is 11.3 Å². The lowest BCUT2D eigenvalue weighted by Crippen LogP contribution is -2.14. The van der Waals surface area contributed by atoms with Crippen molar-refractivity contribution in [3.05, 3.63) is 50.7 Å². The van der Waals surface area contributed by atoms with Gasteiger partial charge in [0.05, 0.1) is 16.1 Å². The van der Waals surface area contributed by atoms with Gasteiger partial charge in [-0.1, -0.05) is 12.1 Å². The standard InChI is InChI=1S/C15H15NO3S/c1-8-5-4-6-11(15(18)19)13(8)16-14(17)12-7-9(2)10(3)20-12/h4-7H,1-3H3,(H,16,17)(H,18,19). The molecular weight excluding hydrogens is 274 g/mol. The third-order valence-electron chi connectivity index (χ3n) is 3.13. The van der Waals surface area contributed by atoms with Crippen LogP contribution in [0.3, 0.4) is 0 Å². The molecule has 0 spiro atoms. The molecule has 0 atom stereocenters. The molecule has 2 aromatic rings. The van der Waals surface area contributed by atoms with Crippen molar-refractivity contribution in [2.24, 2.45) is 0 Å². The third-order valence-corrected chi connectivity index (χ3v) is 4.28. The van der Waals surface area contributed by atoms with Crippen LogP contribution in [0.15, 0.2) is 24.3 Å². The number of para-hydroxylation sites is 1. The van der Waals surface area contributed by atoms with E-state index in [0.717, 1.165) is 16.0 Å². The number of nitrogens with one attached hydrogen (secondary N) is 1. The van der Waals surface area contributed by atoms with Crippen LogP contribution in [0.2, 0.25) is 0 Å². The van der Waals surface area contributed by atoms with Crippen LogP contribution in [0.4, 0.5) is 5.69 Å². The lowest BCUT2D eigenvalue weighted by atomic mass is 10.1. The third kappa shape index (κ3) is 2.72. The molecule has 104 valence electrons. The molecule has 0 unspecified atom stereocenters. The Labute approximate surface area is 121 Å². The van der Waals surface area contributed by atoms with Crippen molar-refractivity contribution in [2.45, 2.75) is 20.8 Å². The highest BCUT2D eigenvalue weighted by atomic mass is 32.1. The Bertz CT molecular complexity index is 669. The van der Waals surface area contributed by atoms with Gasteiger partial charge < -0.3 is 10.4 Å². The Morgan fingerprint density at radius 2 is 1.85 bits per heavy atom. The zero-order valence-electron chi connectivity index (χ0n) is 11.5. The van der Waals surface area contributed by atoms with Gasteiger partial charge in [-0.25, -0.2) is 4.79 Å². The number of aromatic carboxylic acids is 1. The number of benzene rings is 1. The van der Waals surface area contributed by atoms with Gasteiger partial charge in [0.1, 0.15) is 0 Å². The van der Waals surface area contributed by atoms with Gasteiger partial charge in [0.2, 0.25) is 0 Å². The fourth-order valence-electron chi connectivity index (χ4n) is 1.87.